The molecule has 0 aromatic carbocycles. The number of aromatic nitrogens is 1. The average Bonchev–Trinajstić information content (AvgIpc) is 2.65. The predicted octanol–water partition coefficient (Wildman–Crippen LogP) is 2.46. The summed E-state index contributed by atoms with van der Waals surface area (Å²) in [6.45, 7) is 2.55. The predicted molar refractivity (Wildman–Crippen MR) is 70.0 cm³/mol. The van der Waals surface area contributed by atoms with Crippen molar-refractivity contribution >= 4 is 23.4 Å². The smallest absolute Gasteiger partial charge is 0.397 e. The van der Waals surface area contributed by atoms with Crippen molar-refractivity contribution in [3.05, 3.63) is 18.0 Å². The van der Waals surface area contributed by atoms with Gasteiger partial charge in [0, 0.05) is 25.0 Å². The second kappa shape index (κ2) is 6.74. The van der Waals surface area contributed by atoms with Crippen molar-refractivity contribution in [2.45, 2.75) is 25.4 Å². The maximum absolute atomic E-state index is 11.9. The summed E-state index contributed by atoms with van der Waals surface area (Å²) in [6, 6.07) is 1.52. The lowest BCUT2D eigenvalue weighted by atomic mass is 10.3. The lowest BCUT2D eigenvalue weighted by molar-refractivity contribution is -0.0327. The van der Waals surface area contributed by atoms with Gasteiger partial charge in [0.1, 0.15) is 5.69 Å². The number of halogens is 3. The van der Waals surface area contributed by atoms with Crippen molar-refractivity contribution in [1.29, 1.82) is 0 Å². The van der Waals surface area contributed by atoms with E-state index >= 15 is 0 Å². The molecule has 1 aromatic rings. The lowest BCUT2D eigenvalue weighted by Gasteiger charge is -2.09. The summed E-state index contributed by atoms with van der Waals surface area (Å²) >= 11 is -0.156. The van der Waals surface area contributed by atoms with Crippen LogP contribution in [0.3, 0.4) is 0 Å². The summed E-state index contributed by atoms with van der Waals surface area (Å²) in [5, 5.41) is 2.45. The molecule has 1 heterocycles. The summed E-state index contributed by atoms with van der Waals surface area (Å²) in [5.74, 6) is -0.618. The summed E-state index contributed by atoms with van der Waals surface area (Å²) in [7, 11) is 0. The van der Waals surface area contributed by atoms with E-state index in [0.29, 0.717) is 17.9 Å². The number of aryl methyl sites for hydroxylation is 1. The highest BCUT2D eigenvalue weighted by atomic mass is 32.2. The van der Waals surface area contributed by atoms with E-state index in [2.05, 4.69) is 5.32 Å². The van der Waals surface area contributed by atoms with Crippen LogP contribution in [0.5, 0.6) is 0 Å². The zero-order chi connectivity index (χ0) is 14.5. The van der Waals surface area contributed by atoms with Crippen LogP contribution in [-0.4, -0.2) is 28.3 Å². The molecule has 0 fully saturated rings. The van der Waals surface area contributed by atoms with E-state index < -0.39 is 11.4 Å². The highest BCUT2D eigenvalue weighted by Gasteiger charge is 2.27. The summed E-state index contributed by atoms with van der Waals surface area (Å²) in [6.07, 6.45) is 2.47. The number of nitrogen functional groups attached to an aromatic ring is 1. The van der Waals surface area contributed by atoms with Gasteiger partial charge in [0.25, 0.3) is 5.91 Å². The SMILES string of the molecule is CCCn1cc(N)cc1C(=O)NCCSC(F)(F)F. The molecule has 19 heavy (non-hydrogen) atoms. The van der Waals surface area contributed by atoms with Gasteiger partial charge in [-0.2, -0.15) is 13.2 Å². The molecular formula is C11H16F3N3OS. The molecule has 0 saturated heterocycles. The van der Waals surface area contributed by atoms with Gasteiger partial charge >= 0.3 is 5.51 Å². The number of alkyl halides is 3. The van der Waals surface area contributed by atoms with Gasteiger partial charge in [-0.1, -0.05) is 6.92 Å². The molecule has 0 unspecified atom stereocenters. The van der Waals surface area contributed by atoms with Crippen molar-refractivity contribution in [3.8, 4) is 0 Å². The quantitative estimate of drug-likeness (QED) is 0.793. The fourth-order valence-electron chi connectivity index (χ4n) is 1.57. The number of thioether (sulfide) groups is 1. The summed E-state index contributed by atoms with van der Waals surface area (Å²) in [5.41, 5.74) is 2.17. The maximum atomic E-state index is 11.9. The van der Waals surface area contributed by atoms with E-state index in [1.54, 1.807) is 10.8 Å². The Balaban J connectivity index is 2.49. The monoisotopic (exact) mass is 295 g/mol. The molecule has 4 nitrogen and oxygen atoms in total. The first kappa shape index (κ1) is 15.7. The first-order valence-electron chi connectivity index (χ1n) is 5.78. The van der Waals surface area contributed by atoms with Gasteiger partial charge in [-0.25, -0.2) is 0 Å². The second-order valence-corrected chi connectivity index (χ2v) is 5.06. The molecule has 1 rings (SSSR count). The standard InChI is InChI=1S/C11H16F3N3OS/c1-2-4-17-7-8(15)6-9(17)10(18)16-3-5-19-11(12,13)14/h6-7H,2-5,15H2,1H3,(H,16,18). The number of nitrogens with two attached hydrogens (primary N) is 1. The van der Waals surface area contributed by atoms with Crippen molar-refractivity contribution in [2.75, 3.05) is 18.0 Å². The van der Waals surface area contributed by atoms with Crippen molar-refractivity contribution < 1.29 is 18.0 Å². The molecule has 3 N–H and O–H groups in total. The highest BCUT2D eigenvalue weighted by Crippen LogP contribution is 2.29. The van der Waals surface area contributed by atoms with Crippen molar-refractivity contribution in [1.82, 2.24) is 9.88 Å². The zero-order valence-electron chi connectivity index (χ0n) is 10.5. The normalized spacial score (nSPS) is 11.6. The molecule has 0 radical (unpaired) electrons. The average molecular weight is 295 g/mol. The number of rotatable bonds is 6. The molecule has 0 saturated carbocycles. The number of nitrogens with zero attached hydrogens (tertiary/aromatic N) is 1. The molecule has 108 valence electrons. The summed E-state index contributed by atoms with van der Waals surface area (Å²) in [4.78, 5) is 11.8. The van der Waals surface area contributed by atoms with Gasteiger partial charge < -0.3 is 15.6 Å². The first-order chi connectivity index (χ1) is 8.83. The maximum Gasteiger partial charge on any atom is 0.441 e. The van der Waals surface area contributed by atoms with Crippen LogP contribution in [-0.2, 0) is 6.54 Å². The molecule has 0 spiro atoms. The minimum absolute atomic E-state index is 0.0414. The molecule has 0 atom stereocenters. The number of anilines is 1. The zero-order valence-corrected chi connectivity index (χ0v) is 11.3. The fourth-order valence-corrected chi connectivity index (χ4v) is 2.01. The van der Waals surface area contributed by atoms with Crippen LogP contribution < -0.4 is 11.1 Å². The van der Waals surface area contributed by atoms with Crippen LogP contribution in [0, 0.1) is 0 Å². The van der Waals surface area contributed by atoms with E-state index in [-0.39, 0.29) is 24.1 Å². The Bertz CT molecular complexity index is 431. The number of hydrogen-bond donors (Lipinski definition) is 2. The Labute approximate surface area is 113 Å². The Morgan fingerprint density at radius 2 is 2.21 bits per heavy atom. The Morgan fingerprint density at radius 1 is 1.53 bits per heavy atom. The molecule has 0 aliphatic heterocycles. The third-order valence-electron chi connectivity index (χ3n) is 2.27. The van der Waals surface area contributed by atoms with E-state index in [0.717, 1.165) is 6.42 Å². The number of hydrogen-bond acceptors (Lipinski definition) is 3. The van der Waals surface area contributed by atoms with Gasteiger partial charge in [0.2, 0.25) is 0 Å². The van der Waals surface area contributed by atoms with Gasteiger partial charge in [-0.15, -0.1) is 0 Å². The minimum Gasteiger partial charge on any atom is -0.397 e. The Kier molecular flexibility index (Phi) is 5.59. The number of nitrogens with one attached hydrogen (secondary N) is 1. The van der Waals surface area contributed by atoms with E-state index in [9.17, 15) is 18.0 Å². The van der Waals surface area contributed by atoms with Crippen LogP contribution in [0.25, 0.3) is 0 Å². The number of amides is 1. The van der Waals surface area contributed by atoms with Crippen LogP contribution in [0.4, 0.5) is 18.9 Å². The lowest BCUT2D eigenvalue weighted by Crippen LogP contribution is -2.28. The van der Waals surface area contributed by atoms with Crippen molar-refractivity contribution in [3.63, 3.8) is 0 Å². The third-order valence-corrected chi connectivity index (χ3v) is 3.00. The Hall–Kier alpha value is -1.31. The van der Waals surface area contributed by atoms with E-state index in [1.807, 2.05) is 6.92 Å². The van der Waals surface area contributed by atoms with E-state index in [4.69, 9.17) is 5.73 Å². The summed E-state index contributed by atoms with van der Waals surface area (Å²) < 4.78 is 37.4. The molecule has 1 amide bonds. The minimum atomic E-state index is -4.27. The Morgan fingerprint density at radius 3 is 2.79 bits per heavy atom. The third kappa shape index (κ3) is 5.46. The first-order valence-corrected chi connectivity index (χ1v) is 6.76. The van der Waals surface area contributed by atoms with Crippen LogP contribution >= 0.6 is 11.8 Å². The highest BCUT2D eigenvalue weighted by molar-refractivity contribution is 8.00. The van der Waals surface area contributed by atoms with Gasteiger partial charge in [-0.3, -0.25) is 4.79 Å². The van der Waals surface area contributed by atoms with Gasteiger partial charge in [-0.05, 0) is 24.2 Å². The van der Waals surface area contributed by atoms with Gasteiger partial charge in [0.05, 0.1) is 5.69 Å². The molecule has 0 aliphatic carbocycles. The molecule has 0 aliphatic rings. The van der Waals surface area contributed by atoms with Crippen molar-refractivity contribution in [2.24, 2.45) is 0 Å². The van der Waals surface area contributed by atoms with Crippen LogP contribution in [0.15, 0.2) is 12.3 Å². The molecule has 1 aromatic heterocycles. The van der Waals surface area contributed by atoms with Crippen LogP contribution in [0.2, 0.25) is 0 Å². The number of carbonyl (C=O) groups is 1. The molecule has 8 heteroatoms. The molecular weight excluding hydrogens is 279 g/mol. The van der Waals surface area contributed by atoms with Gasteiger partial charge in [0.15, 0.2) is 0 Å². The fraction of sp³-hybridized carbons (Fsp3) is 0.545. The van der Waals surface area contributed by atoms with E-state index in [1.165, 1.54) is 6.07 Å². The second-order valence-electron chi connectivity index (χ2n) is 3.90. The number of carbonyl (C=O) groups excluding carboxylic acids is 1. The topological polar surface area (TPSA) is 60.0 Å². The molecule has 0 bridgehead atoms. The largest absolute Gasteiger partial charge is 0.441 e. The van der Waals surface area contributed by atoms with Crippen LogP contribution in [0.1, 0.15) is 23.8 Å².